The van der Waals surface area contributed by atoms with Crippen LogP contribution >= 0.6 is 0 Å². The first-order chi connectivity index (χ1) is 9.37. The molecule has 20 heavy (non-hydrogen) atoms. The van der Waals surface area contributed by atoms with Crippen LogP contribution in [0.2, 0.25) is 0 Å². The molecule has 106 valence electrons. The average molecular weight is 271 g/mol. The molecule has 1 aromatic carbocycles. The summed E-state index contributed by atoms with van der Waals surface area (Å²) < 4.78 is 2.83. The lowest BCUT2D eigenvalue weighted by Crippen LogP contribution is -2.07. The molecule has 0 saturated carbocycles. The Bertz CT molecular complexity index is 656. The summed E-state index contributed by atoms with van der Waals surface area (Å²) in [7, 11) is 1.47. The maximum atomic E-state index is 11.3. The molecule has 0 unspecified atom stereocenters. The number of nitrogens with zero attached hydrogens (tertiary/aromatic N) is 3. The zero-order valence-corrected chi connectivity index (χ0v) is 12.5. The Balaban J connectivity index is 2.43. The van der Waals surface area contributed by atoms with Gasteiger partial charge >= 0.3 is 0 Å². The molecule has 2 aromatic rings. The molecule has 4 heteroatoms. The van der Waals surface area contributed by atoms with E-state index < -0.39 is 0 Å². The van der Waals surface area contributed by atoms with Crippen molar-refractivity contribution in [3.05, 3.63) is 47.4 Å². The monoisotopic (exact) mass is 271 g/mol. The van der Waals surface area contributed by atoms with E-state index in [9.17, 15) is 5.21 Å². The molecule has 1 aromatic heterocycles. The lowest BCUT2D eigenvalue weighted by molar-refractivity contribution is -0.417. The van der Waals surface area contributed by atoms with Gasteiger partial charge in [-0.3, -0.25) is 0 Å². The fraction of sp³-hybridized carbons (Fsp3) is 0.375. The second-order valence-corrected chi connectivity index (χ2v) is 6.01. The molecule has 0 N–H and O–H groups in total. The fourth-order valence-corrected chi connectivity index (χ4v) is 2.06. The van der Waals surface area contributed by atoms with Crippen molar-refractivity contribution in [2.75, 3.05) is 7.05 Å². The van der Waals surface area contributed by atoms with E-state index in [4.69, 9.17) is 0 Å². The second kappa shape index (κ2) is 5.49. The van der Waals surface area contributed by atoms with Crippen molar-refractivity contribution in [2.24, 2.45) is 5.41 Å². The number of aromatic nitrogens is 2. The fourth-order valence-electron chi connectivity index (χ4n) is 2.06. The Kier molecular flexibility index (Phi) is 3.93. The molecule has 4 nitrogen and oxygen atoms in total. The van der Waals surface area contributed by atoms with Crippen LogP contribution in [0.4, 0.5) is 0 Å². The van der Waals surface area contributed by atoms with Crippen LogP contribution in [0.25, 0.3) is 11.0 Å². The number of hydrogen-bond donors (Lipinski definition) is 0. The molecule has 0 saturated heterocycles. The summed E-state index contributed by atoms with van der Waals surface area (Å²) in [6.45, 7) is 7.19. The highest BCUT2D eigenvalue weighted by atomic mass is 16.5. The molecular formula is C16H21N3O. The van der Waals surface area contributed by atoms with Gasteiger partial charge < -0.3 is 9.77 Å². The molecule has 0 amide bonds. The van der Waals surface area contributed by atoms with Crippen LogP contribution in [0.15, 0.2) is 36.4 Å². The maximum Gasteiger partial charge on any atom is 0.217 e. The minimum absolute atomic E-state index is 0.148. The van der Waals surface area contributed by atoms with Crippen LogP contribution < -0.4 is 0 Å². The zero-order valence-electron chi connectivity index (χ0n) is 12.5. The van der Waals surface area contributed by atoms with E-state index in [0.717, 1.165) is 15.8 Å². The molecule has 2 rings (SSSR count). The SMILES string of the molecule is C/[N+]([O-])=C\c1nc2ccccc2n1C/C=C/C(C)(C)C. The van der Waals surface area contributed by atoms with Gasteiger partial charge in [0.1, 0.15) is 7.05 Å². The third-order valence-corrected chi connectivity index (χ3v) is 2.89. The number of para-hydroxylation sites is 2. The van der Waals surface area contributed by atoms with Crippen LogP contribution in [0.1, 0.15) is 26.6 Å². The van der Waals surface area contributed by atoms with Crippen LogP contribution in [-0.4, -0.2) is 27.6 Å². The van der Waals surface area contributed by atoms with Gasteiger partial charge in [0.25, 0.3) is 0 Å². The Labute approximate surface area is 119 Å². The number of imidazole rings is 1. The van der Waals surface area contributed by atoms with Crippen molar-refractivity contribution in [3.8, 4) is 0 Å². The molecular weight excluding hydrogens is 250 g/mol. The summed E-state index contributed by atoms with van der Waals surface area (Å²) in [6, 6.07) is 7.92. The van der Waals surface area contributed by atoms with Gasteiger partial charge in [0.15, 0.2) is 5.82 Å². The molecule has 1 heterocycles. The molecule has 0 fully saturated rings. The molecule has 0 aliphatic carbocycles. The topological polar surface area (TPSA) is 43.9 Å². The van der Waals surface area contributed by atoms with E-state index in [2.05, 4.69) is 37.9 Å². The minimum Gasteiger partial charge on any atom is -0.624 e. The normalized spacial score (nSPS) is 13.5. The lowest BCUT2D eigenvalue weighted by Gasteiger charge is -2.11. The Morgan fingerprint density at radius 2 is 2.00 bits per heavy atom. The van der Waals surface area contributed by atoms with Gasteiger partial charge in [-0.2, -0.15) is 0 Å². The van der Waals surface area contributed by atoms with Crippen molar-refractivity contribution >= 4 is 17.2 Å². The lowest BCUT2D eigenvalue weighted by atomic mass is 9.96. The molecule has 0 bridgehead atoms. The number of hydrogen-bond acceptors (Lipinski definition) is 2. The van der Waals surface area contributed by atoms with Gasteiger partial charge in [0, 0.05) is 6.54 Å². The highest BCUT2D eigenvalue weighted by Crippen LogP contribution is 2.17. The molecule has 0 atom stereocenters. The van der Waals surface area contributed by atoms with Gasteiger partial charge in [-0.25, -0.2) is 9.72 Å². The van der Waals surface area contributed by atoms with E-state index in [1.807, 2.05) is 28.8 Å². The van der Waals surface area contributed by atoms with Crippen LogP contribution in [0.5, 0.6) is 0 Å². The predicted octanol–water partition coefficient (Wildman–Crippen LogP) is 3.20. The van der Waals surface area contributed by atoms with Crippen molar-refractivity contribution < 1.29 is 4.74 Å². The third kappa shape index (κ3) is 3.47. The first-order valence-corrected chi connectivity index (χ1v) is 6.74. The van der Waals surface area contributed by atoms with E-state index in [-0.39, 0.29) is 5.41 Å². The maximum absolute atomic E-state index is 11.3. The van der Waals surface area contributed by atoms with E-state index in [1.54, 1.807) is 0 Å². The number of hydroxylamine groups is 1. The summed E-state index contributed by atoms with van der Waals surface area (Å²) in [4.78, 5) is 4.50. The molecule has 0 aliphatic heterocycles. The quantitative estimate of drug-likeness (QED) is 0.283. The van der Waals surface area contributed by atoms with Gasteiger partial charge in [0.05, 0.1) is 11.0 Å². The summed E-state index contributed by atoms with van der Waals surface area (Å²) in [5.74, 6) is 0.683. The molecule has 0 spiro atoms. The highest BCUT2D eigenvalue weighted by molar-refractivity contribution is 5.83. The summed E-state index contributed by atoms with van der Waals surface area (Å²) in [5, 5.41) is 11.3. The second-order valence-electron chi connectivity index (χ2n) is 6.01. The number of rotatable bonds is 3. The zero-order chi connectivity index (χ0) is 14.8. The summed E-state index contributed by atoms with van der Waals surface area (Å²) in [6.07, 6.45) is 5.80. The standard InChI is InChI=1S/C16H21N3O/c1-16(2,3)10-7-11-19-14-9-6-5-8-13(14)17-15(19)12-18(4)20/h5-10,12H,11H2,1-4H3/b10-7+,18-12+. The van der Waals surface area contributed by atoms with Crippen LogP contribution in [0.3, 0.4) is 0 Å². The molecule has 0 radical (unpaired) electrons. The van der Waals surface area contributed by atoms with Gasteiger partial charge in [-0.1, -0.05) is 45.1 Å². The Morgan fingerprint density at radius 3 is 2.65 bits per heavy atom. The summed E-state index contributed by atoms with van der Waals surface area (Å²) >= 11 is 0. The van der Waals surface area contributed by atoms with Crippen molar-refractivity contribution in [3.63, 3.8) is 0 Å². The number of allylic oxidation sites excluding steroid dienone is 2. The smallest absolute Gasteiger partial charge is 0.217 e. The predicted molar refractivity (Wildman–Crippen MR) is 83.0 cm³/mol. The largest absolute Gasteiger partial charge is 0.624 e. The first kappa shape index (κ1) is 14.3. The third-order valence-electron chi connectivity index (χ3n) is 2.89. The molecule has 0 aliphatic rings. The minimum atomic E-state index is 0.148. The highest BCUT2D eigenvalue weighted by Gasteiger charge is 2.10. The summed E-state index contributed by atoms with van der Waals surface area (Å²) in [5.41, 5.74) is 2.10. The van der Waals surface area contributed by atoms with Gasteiger partial charge in [-0.05, 0) is 17.5 Å². The van der Waals surface area contributed by atoms with Crippen molar-refractivity contribution in [1.29, 1.82) is 0 Å². The Hall–Kier alpha value is -2.10. The van der Waals surface area contributed by atoms with E-state index in [1.165, 1.54) is 13.3 Å². The van der Waals surface area contributed by atoms with Crippen LogP contribution in [-0.2, 0) is 6.54 Å². The number of benzene rings is 1. The van der Waals surface area contributed by atoms with Crippen molar-refractivity contribution in [2.45, 2.75) is 27.3 Å². The van der Waals surface area contributed by atoms with Gasteiger partial charge in [0.2, 0.25) is 6.21 Å². The van der Waals surface area contributed by atoms with Crippen molar-refractivity contribution in [1.82, 2.24) is 9.55 Å². The van der Waals surface area contributed by atoms with Crippen LogP contribution in [0, 0.1) is 10.6 Å². The Morgan fingerprint density at radius 1 is 1.30 bits per heavy atom. The first-order valence-electron chi connectivity index (χ1n) is 6.74. The van der Waals surface area contributed by atoms with E-state index in [0.29, 0.717) is 12.4 Å². The number of fused-ring (bicyclic) bond motifs is 1. The van der Waals surface area contributed by atoms with E-state index >= 15 is 0 Å². The average Bonchev–Trinajstić information content (AvgIpc) is 2.65. The van der Waals surface area contributed by atoms with Gasteiger partial charge in [-0.15, -0.1) is 0 Å².